The molecule has 1 aromatic rings. The van der Waals surface area contributed by atoms with Gasteiger partial charge in [-0.3, -0.25) is 9.59 Å². The number of phenolic OH excluding ortho intramolecular Hbond substituents is 1. The van der Waals surface area contributed by atoms with Crippen molar-refractivity contribution in [2.45, 2.75) is 117 Å². The highest BCUT2D eigenvalue weighted by atomic mass is 16.4. The summed E-state index contributed by atoms with van der Waals surface area (Å²) in [5.74, 6) is 0.504. The van der Waals surface area contributed by atoms with Gasteiger partial charge in [-0.25, -0.2) is 0 Å². The quantitative estimate of drug-likeness (QED) is 0.140. The lowest BCUT2D eigenvalue weighted by Crippen LogP contribution is -1.94. The third kappa shape index (κ3) is 16.0. The Hall–Kier alpha value is -2.36. The molecule has 1 aliphatic carbocycles. The maximum absolute atomic E-state index is 11.1. The molecule has 0 saturated heterocycles. The number of carboxylic acids is 1. The topological polar surface area (TPSA) is 74.6 Å². The summed E-state index contributed by atoms with van der Waals surface area (Å²) in [6, 6.07) is 4.96. The van der Waals surface area contributed by atoms with E-state index in [1.54, 1.807) is 18.2 Å². The Morgan fingerprint density at radius 3 is 2.03 bits per heavy atom. The molecule has 0 saturated carbocycles. The predicted octanol–water partition coefficient (Wildman–Crippen LogP) is 8.82. The molecule has 0 aliphatic heterocycles. The molecule has 1 atom stereocenters. The van der Waals surface area contributed by atoms with Gasteiger partial charge in [0.05, 0.1) is 0 Å². The van der Waals surface area contributed by atoms with Crippen LogP contribution in [0.3, 0.4) is 0 Å². The maximum atomic E-state index is 11.1. The number of carbonyl (C=O) groups excluding carboxylic acids is 1. The van der Waals surface area contributed by atoms with Crippen molar-refractivity contribution >= 4 is 11.8 Å². The van der Waals surface area contributed by atoms with E-state index in [4.69, 9.17) is 5.11 Å². The molecule has 1 aliphatic rings. The molecule has 35 heavy (non-hydrogen) atoms. The molecule has 1 unspecified atom stereocenters. The van der Waals surface area contributed by atoms with E-state index in [2.05, 4.69) is 12.2 Å². The maximum Gasteiger partial charge on any atom is 0.303 e. The van der Waals surface area contributed by atoms with Gasteiger partial charge in [0.25, 0.3) is 0 Å². The lowest BCUT2D eigenvalue weighted by Gasteiger charge is -2.06. The van der Waals surface area contributed by atoms with Crippen molar-refractivity contribution in [1.29, 1.82) is 0 Å². The fourth-order valence-corrected chi connectivity index (χ4v) is 4.31. The van der Waals surface area contributed by atoms with E-state index >= 15 is 0 Å². The molecule has 4 nitrogen and oxygen atoms in total. The molecule has 2 rings (SSSR count). The number of unbranched alkanes of at least 4 members (excludes halogenated alkanes) is 9. The van der Waals surface area contributed by atoms with Gasteiger partial charge in [0, 0.05) is 12.0 Å². The van der Waals surface area contributed by atoms with Crippen LogP contribution in [-0.2, 0) is 11.2 Å². The summed E-state index contributed by atoms with van der Waals surface area (Å²) in [6.07, 6.45) is 24.6. The van der Waals surface area contributed by atoms with E-state index < -0.39 is 5.97 Å². The number of hydrogen-bond acceptors (Lipinski definition) is 3. The minimum absolute atomic E-state index is 0.0217. The molecular formula is C31H48O4. The first kappa shape index (κ1) is 30.7. The summed E-state index contributed by atoms with van der Waals surface area (Å²) in [5, 5.41) is 18.1. The molecule has 2 N–H and O–H groups in total. The Balaban J connectivity index is 0.000000365. The molecule has 0 bridgehead atoms. The first-order chi connectivity index (χ1) is 16.8. The summed E-state index contributed by atoms with van der Waals surface area (Å²) < 4.78 is 0. The van der Waals surface area contributed by atoms with Crippen LogP contribution in [0.15, 0.2) is 42.0 Å². The van der Waals surface area contributed by atoms with Gasteiger partial charge in [-0.1, -0.05) is 81.6 Å². The van der Waals surface area contributed by atoms with Crippen LogP contribution >= 0.6 is 0 Å². The van der Waals surface area contributed by atoms with Gasteiger partial charge < -0.3 is 10.2 Å². The lowest BCUT2D eigenvalue weighted by atomic mass is 9.99. The fourth-order valence-electron chi connectivity index (χ4n) is 4.31. The third-order valence-corrected chi connectivity index (χ3v) is 6.54. The van der Waals surface area contributed by atoms with Gasteiger partial charge in [0.1, 0.15) is 5.75 Å². The Morgan fingerprint density at radius 2 is 1.51 bits per heavy atom. The van der Waals surface area contributed by atoms with Crippen molar-refractivity contribution in [1.82, 2.24) is 0 Å². The van der Waals surface area contributed by atoms with E-state index in [0.29, 0.717) is 18.4 Å². The molecule has 196 valence electrons. The number of Topliss-reactive ketones (excluding diaryl/α,β-unsaturated/α-hetero) is 1. The van der Waals surface area contributed by atoms with Crippen molar-refractivity contribution < 1.29 is 19.8 Å². The first-order valence-corrected chi connectivity index (χ1v) is 13.6. The average Bonchev–Trinajstić information content (AvgIpc) is 3.33. The number of rotatable bonds is 16. The number of carbonyl (C=O) groups is 2. The molecule has 0 aromatic heterocycles. The zero-order valence-electron chi connectivity index (χ0n) is 22.4. The van der Waals surface area contributed by atoms with Crippen LogP contribution in [-0.4, -0.2) is 22.0 Å². The van der Waals surface area contributed by atoms with Gasteiger partial charge in [-0.05, 0) is 82.6 Å². The zero-order valence-corrected chi connectivity index (χ0v) is 22.4. The van der Waals surface area contributed by atoms with Crippen LogP contribution in [0.4, 0.5) is 0 Å². The smallest absolute Gasteiger partial charge is 0.303 e. The second kappa shape index (κ2) is 18.9. The molecule has 0 radical (unpaired) electrons. The third-order valence-electron chi connectivity index (χ3n) is 6.54. The first-order valence-electron chi connectivity index (χ1n) is 13.6. The summed E-state index contributed by atoms with van der Waals surface area (Å²) in [7, 11) is 0. The summed E-state index contributed by atoms with van der Waals surface area (Å²) in [5.41, 5.74) is 2.64. The van der Waals surface area contributed by atoms with E-state index in [1.807, 2.05) is 19.9 Å². The summed E-state index contributed by atoms with van der Waals surface area (Å²) in [4.78, 5) is 21.5. The normalized spacial score (nSPS) is 14.3. The molecule has 0 spiro atoms. The van der Waals surface area contributed by atoms with Crippen molar-refractivity contribution in [3.05, 3.63) is 53.1 Å². The zero-order chi connectivity index (χ0) is 25.9. The number of aromatic hydroxyl groups is 1. The van der Waals surface area contributed by atoms with Gasteiger partial charge >= 0.3 is 5.97 Å². The minimum Gasteiger partial charge on any atom is -0.508 e. The number of benzene rings is 1. The van der Waals surface area contributed by atoms with Gasteiger partial charge in [-0.2, -0.15) is 0 Å². The summed E-state index contributed by atoms with van der Waals surface area (Å²) in [6.45, 7) is 5.54. The van der Waals surface area contributed by atoms with E-state index in [-0.39, 0.29) is 11.5 Å². The minimum atomic E-state index is -0.655. The average molecular weight is 485 g/mol. The molecular weight excluding hydrogens is 436 g/mol. The Labute approximate surface area is 213 Å². The van der Waals surface area contributed by atoms with Crippen molar-refractivity contribution in [3.63, 3.8) is 0 Å². The molecule has 0 heterocycles. The number of ketones is 1. The SMILES string of the molecule is CC(=O)c1ccc(O)c(CC=C(C)C)c1.O=C(O)CCCCCCCCCCCCC1C=CCC1. The summed E-state index contributed by atoms with van der Waals surface area (Å²) >= 11 is 0. The standard InChI is InChI=1S/C18H32O2.C13H16O2/c19-18(20)16-10-8-6-4-2-1-3-5-7-9-13-17-14-11-12-15-17;1-9(2)4-5-12-8-11(10(3)14)6-7-13(12)15/h11,14,17H,1-10,12-13,15-16H2,(H,19,20);4,6-8,15H,5H2,1-3H3. The van der Waals surface area contributed by atoms with Gasteiger partial charge in [-0.15, -0.1) is 0 Å². The second-order valence-electron chi connectivity index (χ2n) is 10.1. The van der Waals surface area contributed by atoms with Crippen molar-refractivity contribution in [2.24, 2.45) is 5.92 Å². The highest BCUT2D eigenvalue weighted by molar-refractivity contribution is 5.94. The van der Waals surface area contributed by atoms with Crippen LogP contribution < -0.4 is 0 Å². The van der Waals surface area contributed by atoms with Gasteiger partial charge in [0.15, 0.2) is 5.78 Å². The number of hydrogen-bond donors (Lipinski definition) is 2. The van der Waals surface area contributed by atoms with Crippen molar-refractivity contribution in [3.8, 4) is 5.75 Å². The Morgan fingerprint density at radius 1 is 0.914 bits per heavy atom. The highest BCUT2D eigenvalue weighted by Crippen LogP contribution is 2.23. The van der Waals surface area contributed by atoms with Crippen LogP contribution in [0.1, 0.15) is 127 Å². The highest BCUT2D eigenvalue weighted by Gasteiger charge is 2.08. The van der Waals surface area contributed by atoms with Crippen LogP contribution in [0.25, 0.3) is 0 Å². The Bertz CT molecular complexity index is 802. The largest absolute Gasteiger partial charge is 0.508 e. The number of aliphatic carboxylic acids is 1. The Kier molecular flexibility index (Phi) is 16.6. The van der Waals surface area contributed by atoms with Gasteiger partial charge in [0.2, 0.25) is 0 Å². The number of carboxylic acid groups (broad SMARTS) is 1. The second-order valence-corrected chi connectivity index (χ2v) is 10.1. The molecule has 0 fully saturated rings. The lowest BCUT2D eigenvalue weighted by molar-refractivity contribution is -0.137. The molecule has 0 amide bonds. The number of phenols is 1. The molecule has 1 aromatic carbocycles. The predicted molar refractivity (Wildman–Crippen MR) is 146 cm³/mol. The van der Waals surface area contributed by atoms with E-state index in [0.717, 1.165) is 24.3 Å². The van der Waals surface area contributed by atoms with Crippen LogP contribution in [0.2, 0.25) is 0 Å². The van der Waals surface area contributed by atoms with Crippen LogP contribution in [0.5, 0.6) is 5.75 Å². The molecule has 4 heteroatoms. The number of allylic oxidation sites excluding steroid dienone is 4. The fraction of sp³-hybridized carbons (Fsp3) is 0.613. The van der Waals surface area contributed by atoms with E-state index in [9.17, 15) is 14.7 Å². The van der Waals surface area contributed by atoms with Crippen LogP contribution in [0, 0.1) is 5.92 Å². The monoisotopic (exact) mass is 484 g/mol. The van der Waals surface area contributed by atoms with Crippen molar-refractivity contribution in [2.75, 3.05) is 0 Å². The van der Waals surface area contributed by atoms with E-state index in [1.165, 1.54) is 83.1 Å².